The summed E-state index contributed by atoms with van der Waals surface area (Å²) in [5.41, 5.74) is 0.361. The quantitative estimate of drug-likeness (QED) is 0.810. The fraction of sp³-hybridized carbons (Fsp3) is 0.500. The van der Waals surface area contributed by atoms with Crippen LogP contribution in [-0.2, 0) is 4.79 Å². The second kappa shape index (κ2) is 7.67. The highest BCUT2D eigenvalue weighted by Crippen LogP contribution is 2.25. The van der Waals surface area contributed by atoms with Crippen molar-refractivity contribution in [1.82, 2.24) is 5.32 Å². The first-order valence-corrected chi connectivity index (χ1v) is 6.47. The van der Waals surface area contributed by atoms with Gasteiger partial charge in [-0.3, -0.25) is 4.79 Å². The Labute approximate surface area is 117 Å². The van der Waals surface area contributed by atoms with E-state index in [1.54, 1.807) is 18.2 Å². The second-order valence-corrected chi connectivity index (χ2v) is 4.83. The molecule has 0 bridgehead atoms. The molecule has 1 aromatic rings. The number of benzene rings is 1. The number of rotatable bonds is 7. The molecule has 0 fully saturated rings. The number of halogens is 2. The van der Waals surface area contributed by atoms with Crippen molar-refractivity contribution in [2.45, 2.75) is 33.4 Å². The van der Waals surface area contributed by atoms with Gasteiger partial charge in [-0.1, -0.05) is 26.0 Å². The summed E-state index contributed by atoms with van der Waals surface area (Å²) in [5, 5.41) is 5.61. The zero-order valence-corrected chi connectivity index (χ0v) is 11.8. The lowest BCUT2D eigenvalue weighted by Crippen LogP contribution is -2.39. The zero-order valence-electron chi connectivity index (χ0n) is 11.8. The minimum Gasteiger partial charge on any atom is -0.433 e. The second-order valence-electron chi connectivity index (χ2n) is 4.83. The number of carbonyl (C=O) groups is 1. The normalized spacial score (nSPS) is 12.3. The SMILES string of the molecule is CC(C)C(C)NC(=O)CNc1ccccc1OC(F)F. The van der Waals surface area contributed by atoms with Crippen molar-refractivity contribution in [3.05, 3.63) is 24.3 Å². The number of alkyl halides is 2. The maximum atomic E-state index is 12.2. The molecule has 0 spiro atoms. The van der Waals surface area contributed by atoms with Crippen LogP contribution in [0.25, 0.3) is 0 Å². The Hall–Kier alpha value is -1.85. The van der Waals surface area contributed by atoms with E-state index < -0.39 is 6.61 Å². The predicted molar refractivity (Wildman–Crippen MR) is 74.0 cm³/mol. The summed E-state index contributed by atoms with van der Waals surface area (Å²) in [6.07, 6.45) is 0. The Morgan fingerprint density at radius 1 is 1.25 bits per heavy atom. The summed E-state index contributed by atoms with van der Waals surface area (Å²) in [6, 6.07) is 6.32. The average molecular weight is 286 g/mol. The van der Waals surface area contributed by atoms with Crippen LogP contribution in [0.1, 0.15) is 20.8 Å². The first kappa shape index (κ1) is 16.2. The summed E-state index contributed by atoms with van der Waals surface area (Å²) in [6.45, 7) is 3.03. The van der Waals surface area contributed by atoms with Crippen molar-refractivity contribution in [3.63, 3.8) is 0 Å². The molecule has 1 amide bonds. The minimum absolute atomic E-state index is 0.000666. The molecule has 1 rings (SSSR count). The molecular weight excluding hydrogens is 266 g/mol. The third-order valence-corrected chi connectivity index (χ3v) is 2.93. The van der Waals surface area contributed by atoms with Gasteiger partial charge in [-0.05, 0) is 25.0 Å². The largest absolute Gasteiger partial charge is 0.433 e. The molecule has 112 valence electrons. The number of hydrogen-bond acceptors (Lipinski definition) is 3. The topological polar surface area (TPSA) is 50.4 Å². The Balaban J connectivity index is 2.55. The standard InChI is InChI=1S/C14H20F2N2O2/c1-9(2)10(3)18-13(19)8-17-11-6-4-5-7-12(11)20-14(15)16/h4-7,9-10,14,17H,8H2,1-3H3,(H,18,19). The van der Waals surface area contributed by atoms with E-state index in [1.165, 1.54) is 6.07 Å². The molecule has 1 aromatic carbocycles. The maximum Gasteiger partial charge on any atom is 0.387 e. The molecule has 0 aliphatic carbocycles. The van der Waals surface area contributed by atoms with Crippen LogP contribution < -0.4 is 15.4 Å². The highest BCUT2D eigenvalue weighted by Gasteiger charge is 2.12. The van der Waals surface area contributed by atoms with Crippen LogP contribution in [-0.4, -0.2) is 25.1 Å². The average Bonchev–Trinajstić information content (AvgIpc) is 2.36. The molecule has 0 radical (unpaired) electrons. The van der Waals surface area contributed by atoms with Gasteiger partial charge in [0.1, 0.15) is 5.75 Å². The third-order valence-electron chi connectivity index (χ3n) is 2.93. The van der Waals surface area contributed by atoms with E-state index in [2.05, 4.69) is 15.4 Å². The lowest BCUT2D eigenvalue weighted by atomic mass is 10.1. The fourth-order valence-corrected chi connectivity index (χ4v) is 1.46. The monoisotopic (exact) mass is 286 g/mol. The molecule has 0 aliphatic rings. The number of ether oxygens (including phenoxy) is 1. The predicted octanol–water partition coefficient (Wildman–Crippen LogP) is 2.86. The number of nitrogens with one attached hydrogen (secondary N) is 2. The fourth-order valence-electron chi connectivity index (χ4n) is 1.46. The smallest absolute Gasteiger partial charge is 0.387 e. The van der Waals surface area contributed by atoms with Gasteiger partial charge in [0.05, 0.1) is 12.2 Å². The lowest BCUT2D eigenvalue weighted by molar-refractivity contribution is -0.120. The van der Waals surface area contributed by atoms with E-state index in [0.717, 1.165) is 0 Å². The molecule has 20 heavy (non-hydrogen) atoms. The van der Waals surface area contributed by atoms with Crippen LogP contribution in [0.15, 0.2) is 24.3 Å². The summed E-state index contributed by atoms with van der Waals surface area (Å²) >= 11 is 0. The van der Waals surface area contributed by atoms with Crippen LogP contribution in [0, 0.1) is 5.92 Å². The lowest BCUT2D eigenvalue weighted by Gasteiger charge is -2.18. The molecule has 0 aromatic heterocycles. The Bertz CT molecular complexity index is 439. The molecule has 0 aliphatic heterocycles. The van der Waals surface area contributed by atoms with Crippen LogP contribution in [0.4, 0.5) is 14.5 Å². The number of amides is 1. The summed E-state index contributed by atoms with van der Waals surface area (Å²) < 4.78 is 28.8. The summed E-state index contributed by atoms with van der Waals surface area (Å²) in [4.78, 5) is 11.7. The molecule has 1 unspecified atom stereocenters. The molecule has 6 heteroatoms. The van der Waals surface area contributed by atoms with Gasteiger partial charge in [-0.15, -0.1) is 0 Å². The van der Waals surface area contributed by atoms with Crippen LogP contribution in [0.5, 0.6) is 5.75 Å². The molecule has 0 saturated heterocycles. The van der Waals surface area contributed by atoms with E-state index in [0.29, 0.717) is 11.6 Å². The van der Waals surface area contributed by atoms with Gasteiger partial charge in [-0.2, -0.15) is 8.78 Å². The Kier molecular flexibility index (Phi) is 6.21. The van der Waals surface area contributed by atoms with Gasteiger partial charge in [0.15, 0.2) is 0 Å². The highest BCUT2D eigenvalue weighted by atomic mass is 19.3. The van der Waals surface area contributed by atoms with Crippen molar-refractivity contribution < 1.29 is 18.3 Å². The van der Waals surface area contributed by atoms with Gasteiger partial charge >= 0.3 is 6.61 Å². The van der Waals surface area contributed by atoms with E-state index in [1.807, 2.05) is 20.8 Å². The van der Waals surface area contributed by atoms with E-state index in [-0.39, 0.29) is 24.2 Å². The van der Waals surface area contributed by atoms with Gasteiger partial charge < -0.3 is 15.4 Å². The van der Waals surface area contributed by atoms with Crippen LogP contribution >= 0.6 is 0 Å². The molecular formula is C14H20F2N2O2. The van der Waals surface area contributed by atoms with E-state index >= 15 is 0 Å². The zero-order chi connectivity index (χ0) is 15.1. The van der Waals surface area contributed by atoms with Crippen molar-refractivity contribution in [1.29, 1.82) is 0 Å². The minimum atomic E-state index is -2.90. The van der Waals surface area contributed by atoms with Crippen molar-refractivity contribution in [2.24, 2.45) is 5.92 Å². The number of hydrogen-bond donors (Lipinski definition) is 2. The molecule has 2 N–H and O–H groups in total. The van der Waals surface area contributed by atoms with Crippen molar-refractivity contribution in [3.8, 4) is 5.75 Å². The van der Waals surface area contributed by atoms with Crippen molar-refractivity contribution in [2.75, 3.05) is 11.9 Å². The van der Waals surface area contributed by atoms with Crippen LogP contribution in [0.3, 0.4) is 0 Å². The first-order chi connectivity index (χ1) is 9.40. The molecule has 0 heterocycles. The first-order valence-electron chi connectivity index (χ1n) is 6.47. The molecule has 0 saturated carbocycles. The number of anilines is 1. The Morgan fingerprint density at radius 2 is 1.90 bits per heavy atom. The number of carbonyl (C=O) groups excluding carboxylic acids is 1. The van der Waals surface area contributed by atoms with Gasteiger partial charge in [-0.25, -0.2) is 0 Å². The maximum absolute atomic E-state index is 12.2. The Morgan fingerprint density at radius 3 is 2.50 bits per heavy atom. The number of para-hydroxylation sites is 2. The van der Waals surface area contributed by atoms with E-state index in [4.69, 9.17) is 0 Å². The molecule has 1 atom stereocenters. The molecule has 4 nitrogen and oxygen atoms in total. The van der Waals surface area contributed by atoms with Gasteiger partial charge in [0, 0.05) is 6.04 Å². The van der Waals surface area contributed by atoms with Crippen molar-refractivity contribution >= 4 is 11.6 Å². The summed E-state index contributed by atoms with van der Waals surface area (Å²) in [7, 11) is 0. The van der Waals surface area contributed by atoms with Crippen LogP contribution in [0.2, 0.25) is 0 Å². The third kappa shape index (κ3) is 5.42. The highest BCUT2D eigenvalue weighted by molar-refractivity contribution is 5.81. The van der Waals surface area contributed by atoms with Gasteiger partial charge in [0.25, 0.3) is 0 Å². The van der Waals surface area contributed by atoms with Gasteiger partial charge in [0.2, 0.25) is 5.91 Å². The van der Waals surface area contributed by atoms with E-state index in [9.17, 15) is 13.6 Å². The summed E-state index contributed by atoms with van der Waals surface area (Å²) in [5.74, 6) is 0.152.